The average Bonchev–Trinajstić information content (AvgIpc) is 2.94. The molecule has 0 fully saturated rings. The van der Waals surface area contributed by atoms with Crippen molar-refractivity contribution in [3.05, 3.63) is 90.0 Å². The molecule has 1 N–H and O–H groups in total. The Balaban J connectivity index is 1.68. The maximum Gasteiger partial charge on any atom is 0.412 e. The number of amides is 1. The van der Waals surface area contributed by atoms with E-state index in [1.807, 2.05) is 36.0 Å². The van der Waals surface area contributed by atoms with E-state index >= 15 is 0 Å². The summed E-state index contributed by atoms with van der Waals surface area (Å²) in [5, 5.41) is 2.73. The smallest absolute Gasteiger partial charge is 0.410 e. The van der Waals surface area contributed by atoms with Crippen molar-refractivity contribution in [1.82, 2.24) is 5.32 Å². The molecule has 140 valence electrons. The zero-order valence-electron chi connectivity index (χ0n) is 15.5. The average molecular weight is 388 g/mol. The number of fused-ring (bicyclic) bond motifs is 1. The van der Waals surface area contributed by atoms with Gasteiger partial charge in [0.15, 0.2) is 0 Å². The Morgan fingerprint density at radius 1 is 1.00 bits per heavy atom. The summed E-state index contributed by atoms with van der Waals surface area (Å²) in [6, 6.07) is 26.3. The molecular formula is C23H20N2O2S. The van der Waals surface area contributed by atoms with Gasteiger partial charge in [0.2, 0.25) is 0 Å². The minimum atomic E-state index is -0.478. The Kier molecular flexibility index (Phi) is 5.44. The van der Waals surface area contributed by atoms with Crippen molar-refractivity contribution in [2.45, 2.75) is 16.6 Å². The highest BCUT2D eigenvalue weighted by Gasteiger charge is 2.22. The summed E-state index contributed by atoms with van der Waals surface area (Å²) in [5.74, 6) is 0.506. The second-order valence-corrected chi connectivity index (χ2v) is 7.66. The van der Waals surface area contributed by atoms with Gasteiger partial charge in [0.05, 0.1) is 5.69 Å². The van der Waals surface area contributed by atoms with E-state index < -0.39 is 6.09 Å². The number of carbonyl (C=O) groups excluding carboxylic acids is 1. The number of benzene rings is 3. The van der Waals surface area contributed by atoms with E-state index in [1.54, 1.807) is 12.1 Å². The minimum absolute atomic E-state index is 0.283. The van der Waals surface area contributed by atoms with Gasteiger partial charge >= 0.3 is 6.09 Å². The van der Waals surface area contributed by atoms with E-state index in [9.17, 15) is 4.79 Å². The van der Waals surface area contributed by atoms with E-state index in [-0.39, 0.29) is 5.25 Å². The summed E-state index contributed by atoms with van der Waals surface area (Å²) in [6.07, 6.45) is 0.341. The molecule has 1 aliphatic rings. The zero-order chi connectivity index (χ0) is 19.3. The molecule has 5 heteroatoms. The third-order valence-corrected chi connectivity index (χ3v) is 5.86. The molecule has 1 amide bonds. The number of thioether (sulfide) groups is 1. The van der Waals surface area contributed by atoms with Crippen molar-refractivity contribution in [2.24, 2.45) is 4.99 Å². The van der Waals surface area contributed by atoms with Crippen LogP contribution in [0.1, 0.15) is 22.8 Å². The first-order valence-electron chi connectivity index (χ1n) is 9.11. The van der Waals surface area contributed by atoms with Crippen molar-refractivity contribution in [3.8, 4) is 5.75 Å². The third kappa shape index (κ3) is 4.10. The standard InChI is InChI=1S/C23H20N2O2S/c1-24-23(26)27-18-13-11-16(12-14-18)20-15-22(17-7-3-2-4-8-17)28-21-10-6-5-9-19(21)25-20/h2-14,22H,15H2,1H3,(H,24,26)/t22-/m0/s1. The van der Waals surface area contributed by atoms with Crippen LogP contribution in [-0.2, 0) is 0 Å². The van der Waals surface area contributed by atoms with Gasteiger partial charge < -0.3 is 10.1 Å². The van der Waals surface area contributed by atoms with E-state index in [2.05, 4.69) is 47.8 Å². The molecule has 0 radical (unpaired) electrons. The third-order valence-electron chi connectivity index (χ3n) is 4.54. The van der Waals surface area contributed by atoms with Gasteiger partial charge in [-0.15, -0.1) is 11.8 Å². The molecule has 4 nitrogen and oxygen atoms in total. The molecule has 0 spiro atoms. The molecule has 0 aromatic heterocycles. The van der Waals surface area contributed by atoms with Crippen LogP contribution in [0.2, 0.25) is 0 Å². The van der Waals surface area contributed by atoms with Crippen LogP contribution in [0, 0.1) is 0 Å². The van der Waals surface area contributed by atoms with E-state index in [0.717, 1.165) is 23.4 Å². The number of rotatable bonds is 3. The quantitative estimate of drug-likeness (QED) is 0.620. The van der Waals surface area contributed by atoms with Gasteiger partial charge in [-0.3, -0.25) is 4.99 Å². The highest BCUT2D eigenvalue weighted by Crippen LogP contribution is 2.45. The Labute approximate surface area is 168 Å². The number of ether oxygens (including phenoxy) is 1. The summed E-state index contributed by atoms with van der Waals surface area (Å²) in [5.41, 5.74) is 4.34. The summed E-state index contributed by atoms with van der Waals surface area (Å²) in [7, 11) is 1.54. The Bertz CT molecular complexity index is 1000. The summed E-state index contributed by atoms with van der Waals surface area (Å²) >= 11 is 1.85. The molecule has 0 unspecified atom stereocenters. The number of carbonyl (C=O) groups is 1. The summed E-state index contributed by atoms with van der Waals surface area (Å²) in [4.78, 5) is 17.5. The van der Waals surface area contributed by atoms with Crippen LogP contribution in [0.15, 0.2) is 88.8 Å². The van der Waals surface area contributed by atoms with Gasteiger partial charge in [-0.05, 0) is 47.5 Å². The lowest BCUT2D eigenvalue weighted by Gasteiger charge is -2.16. The van der Waals surface area contributed by atoms with Crippen molar-refractivity contribution in [1.29, 1.82) is 0 Å². The van der Waals surface area contributed by atoms with Crippen LogP contribution in [0.3, 0.4) is 0 Å². The zero-order valence-corrected chi connectivity index (χ0v) is 16.3. The normalized spacial score (nSPS) is 15.8. The predicted molar refractivity (Wildman–Crippen MR) is 114 cm³/mol. The number of hydrogen-bond acceptors (Lipinski definition) is 4. The van der Waals surface area contributed by atoms with Crippen molar-refractivity contribution >= 4 is 29.3 Å². The fraction of sp³-hybridized carbons (Fsp3) is 0.130. The number of nitrogens with one attached hydrogen (secondary N) is 1. The molecule has 0 aliphatic carbocycles. The fourth-order valence-corrected chi connectivity index (χ4v) is 4.35. The molecule has 0 saturated heterocycles. The number of aliphatic imine (C=N–C) groups is 1. The van der Waals surface area contributed by atoms with E-state index in [4.69, 9.17) is 9.73 Å². The second kappa shape index (κ2) is 8.31. The molecule has 3 aromatic carbocycles. The molecule has 4 rings (SSSR count). The van der Waals surface area contributed by atoms with Gasteiger partial charge in [0, 0.05) is 29.3 Å². The molecule has 3 aromatic rings. The van der Waals surface area contributed by atoms with Crippen LogP contribution in [0.5, 0.6) is 5.75 Å². The summed E-state index contributed by atoms with van der Waals surface area (Å²) < 4.78 is 5.18. The van der Waals surface area contributed by atoms with Gasteiger partial charge in [0.25, 0.3) is 0 Å². The molecule has 1 atom stereocenters. The lowest BCUT2D eigenvalue weighted by Crippen LogP contribution is -2.22. The first kappa shape index (κ1) is 18.3. The molecule has 0 bridgehead atoms. The summed E-state index contributed by atoms with van der Waals surface area (Å²) in [6.45, 7) is 0. The first-order chi connectivity index (χ1) is 13.7. The molecule has 0 saturated carbocycles. The highest BCUT2D eigenvalue weighted by molar-refractivity contribution is 7.99. The fourth-order valence-electron chi connectivity index (χ4n) is 3.12. The Morgan fingerprint density at radius 3 is 2.46 bits per heavy atom. The van der Waals surface area contributed by atoms with Crippen LogP contribution >= 0.6 is 11.8 Å². The van der Waals surface area contributed by atoms with Gasteiger partial charge in [-0.2, -0.15) is 0 Å². The maximum atomic E-state index is 11.4. The van der Waals surface area contributed by atoms with Gasteiger partial charge in [-0.1, -0.05) is 42.5 Å². The van der Waals surface area contributed by atoms with Gasteiger partial charge in [-0.25, -0.2) is 4.79 Å². The van der Waals surface area contributed by atoms with Crippen LogP contribution in [0.25, 0.3) is 0 Å². The van der Waals surface area contributed by atoms with Crippen molar-refractivity contribution in [3.63, 3.8) is 0 Å². The number of hydrogen-bond donors (Lipinski definition) is 1. The molecular weight excluding hydrogens is 368 g/mol. The maximum absolute atomic E-state index is 11.4. The predicted octanol–water partition coefficient (Wildman–Crippen LogP) is 5.76. The van der Waals surface area contributed by atoms with Gasteiger partial charge in [0.1, 0.15) is 5.75 Å². The molecule has 1 aliphatic heterocycles. The second-order valence-electron chi connectivity index (χ2n) is 6.41. The van der Waals surface area contributed by atoms with E-state index in [0.29, 0.717) is 5.75 Å². The monoisotopic (exact) mass is 388 g/mol. The highest BCUT2D eigenvalue weighted by atomic mass is 32.2. The van der Waals surface area contributed by atoms with Crippen molar-refractivity contribution in [2.75, 3.05) is 7.05 Å². The largest absolute Gasteiger partial charge is 0.412 e. The lowest BCUT2D eigenvalue weighted by atomic mass is 10.0. The topological polar surface area (TPSA) is 50.7 Å². The number of para-hydroxylation sites is 1. The lowest BCUT2D eigenvalue weighted by molar-refractivity contribution is 0.203. The van der Waals surface area contributed by atoms with E-state index in [1.165, 1.54) is 17.5 Å². The Hall–Kier alpha value is -3.05. The van der Waals surface area contributed by atoms with Crippen LogP contribution < -0.4 is 10.1 Å². The molecule has 28 heavy (non-hydrogen) atoms. The van der Waals surface area contributed by atoms with Crippen LogP contribution in [0.4, 0.5) is 10.5 Å². The van der Waals surface area contributed by atoms with Crippen LogP contribution in [-0.4, -0.2) is 18.9 Å². The Morgan fingerprint density at radius 2 is 1.71 bits per heavy atom. The number of nitrogens with zero attached hydrogens (tertiary/aromatic N) is 1. The van der Waals surface area contributed by atoms with Crippen molar-refractivity contribution < 1.29 is 9.53 Å². The first-order valence-corrected chi connectivity index (χ1v) is 9.99. The molecule has 1 heterocycles. The SMILES string of the molecule is CNC(=O)Oc1ccc(C2=Nc3ccccc3S[C@H](c3ccccc3)C2)cc1. The minimum Gasteiger partial charge on any atom is -0.410 e.